The van der Waals surface area contributed by atoms with Crippen LogP contribution >= 0.6 is 15.6 Å². The van der Waals surface area contributed by atoms with Crippen molar-refractivity contribution in [2.75, 3.05) is 39.6 Å². The predicted molar refractivity (Wildman–Crippen MR) is 321 cm³/mol. The van der Waals surface area contributed by atoms with Crippen LogP contribution in [0.1, 0.15) is 299 Å². The maximum absolute atomic E-state index is 12.9. The molecule has 19 heteroatoms. The third kappa shape index (κ3) is 54.5. The number of ether oxygens (including phenoxy) is 4. The number of aliphatic hydroxyl groups is 1. The Kier molecular flexibility index (Phi) is 52.2. The first kappa shape index (κ1) is 79.1. The minimum absolute atomic E-state index is 0.102. The second-order valence-corrected chi connectivity index (χ2v) is 26.3. The van der Waals surface area contributed by atoms with E-state index in [9.17, 15) is 43.2 Å². The monoisotopic (exact) mass is 1200 g/mol. The SMILES string of the molecule is CCCCCCCCCCCCCC(=O)O[C@H](COC(=O)CCCCCCCCCC(C)C)COP(=O)(O)OC[C@@H](O)COP(=O)(O)OC[C@@H](COC(=O)CCCCCCCCC(C)CC)OC(=O)CCCCCCCCC(C)CC. The molecular weight excluding hydrogens is 1080 g/mol. The smallest absolute Gasteiger partial charge is 0.462 e. The first-order valence-electron chi connectivity index (χ1n) is 32.4. The summed E-state index contributed by atoms with van der Waals surface area (Å²) >= 11 is 0. The maximum Gasteiger partial charge on any atom is 0.472 e. The minimum atomic E-state index is -4.94. The average Bonchev–Trinajstić information content (AvgIpc) is 3.43. The molecule has 17 nitrogen and oxygen atoms in total. The van der Waals surface area contributed by atoms with Gasteiger partial charge in [-0.1, -0.05) is 248 Å². The van der Waals surface area contributed by atoms with Crippen molar-refractivity contribution in [2.24, 2.45) is 17.8 Å². The lowest BCUT2D eigenvalue weighted by Gasteiger charge is -2.21. The van der Waals surface area contributed by atoms with Gasteiger partial charge in [0, 0.05) is 25.7 Å². The summed E-state index contributed by atoms with van der Waals surface area (Å²) in [6.45, 7) is 11.6. The molecule has 0 radical (unpaired) electrons. The van der Waals surface area contributed by atoms with Crippen molar-refractivity contribution < 1.29 is 80.2 Å². The lowest BCUT2D eigenvalue weighted by molar-refractivity contribution is -0.161. The Morgan fingerprint density at radius 3 is 0.938 bits per heavy atom. The number of phosphoric ester groups is 2. The summed E-state index contributed by atoms with van der Waals surface area (Å²) in [5, 5.41) is 10.5. The Hall–Kier alpha value is -1.94. The van der Waals surface area contributed by atoms with Crippen LogP contribution in [0.3, 0.4) is 0 Å². The van der Waals surface area contributed by atoms with Crippen molar-refractivity contribution in [3.63, 3.8) is 0 Å². The quantitative estimate of drug-likeness (QED) is 0.0222. The van der Waals surface area contributed by atoms with E-state index in [1.165, 1.54) is 96.3 Å². The van der Waals surface area contributed by atoms with E-state index < -0.39 is 97.5 Å². The maximum atomic E-state index is 12.9. The summed E-state index contributed by atoms with van der Waals surface area (Å²) in [6.07, 6.45) is 33.5. The van der Waals surface area contributed by atoms with Crippen LogP contribution in [0.15, 0.2) is 0 Å². The fourth-order valence-corrected chi connectivity index (χ4v) is 10.6. The van der Waals surface area contributed by atoms with E-state index in [-0.39, 0.29) is 25.7 Å². The van der Waals surface area contributed by atoms with Crippen LogP contribution in [0.25, 0.3) is 0 Å². The van der Waals surface area contributed by atoms with Gasteiger partial charge in [0.1, 0.15) is 19.3 Å². The number of rotatable bonds is 60. The summed E-state index contributed by atoms with van der Waals surface area (Å²) in [4.78, 5) is 72.1. The first-order chi connectivity index (χ1) is 38.8. The van der Waals surface area contributed by atoms with Crippen LogP contribution in [-0.2, 0) is 65.4 Å². The van der Waals surface area contributed by atoms with Crippen LogP contribution < -0.4 is 0 Å². The van der Waals surface area contributed by atoms with Crippen LogP contribution in [0.4, 0.5) is 0 Å². The number of unbranched alkanes of at least 4 members (excludes halogenated alkanes) is 26. The molecule has 0 heterocycles. The van der Waals surface area contributed by atoms with Gasteiger partial charge in [-0.15, -0.1) is 0 Å². The van der Waals surface area contributed by atoms with Gasteiger partial charge in [0.25, 0.3) is 0 Å². The van der Waals surface area contributed by atoms with Crippen LogP contribution in [-0.4, -0.2) is 96.7 Å². The normalized spacial score (nSPS) is 15.1. The Labute approximate surface area is 492 Å². The first-order valence-corrected chi connectivity index (χ1v) is 35.4. The molecular formula is C62H120O17P2. The number of hydrogen-bond acceptors (Lipinski definition) is 15. The van der Waals surface area contributed by atoms with Gasteiger partial charge in [-0.3, -0.25) is 37.3 Å². The molecule has 0 aromatic rings. The summed E-state index contributed by atoms with van der Waals surface area (Å²) in [7, 11) is -9.88. The Bertz CT molecular complexity index is 1620. The number of phosphoric acid groups is 2. The number of carbonyl (C=O) groups excluding carboxylic acids is 4. The average molecular weight is 1200 g/mol. The summed E-state index contributed by atoms with van der Waals surface area (Å²) < 4.78 is 67.9. The van der Waals surface area contributed by atoms with E-state index in [4.69, 9.17) is 37.0 Å². The van der Waals surface area contributed by atoms with Crippen molar-refractivity contribution in [3.8, 4) is 0 Å². The Balaban J connectivity index is 5.26. The molecule has 0 aromatic carbocycles. The number of hydrogen-bond donors (Lipinski definition) is 3. The number of aliphatic hydroxyl groups excluding tert-OH is 1. The molecule has 4 unspecified atom stereocenters. The van der Waals surface area contributed by atoms with E-state index in [2.05, 4.69) is 48.5 Å². The van der Waals surface area contributed by atoms with Crippen LogP contribution in [0.2, 0.25) is 0 Å². The minimum Gasteiger partial charge on any atom is -0.462 e. The number of carbonyl (C=O) groups is 4. The van der Waals surface area contributed by atoms with Gasteiger partial charge >= 0.3 is 39.5 Å². The van der Waals surface area contributed by atoms with Gasteiger partial charge in [-0.25, -0.2) is 9.13 Å². The molecule has 0 bridgehead atoms. The highest BCUT2D eigenvalue weighted by atomic mass is 31.2. The highest BCUT2D eigenvalue weighted by Crippen LogP contribution is 2.45. The van der Waals surface area contributed by atoms with Gasteiger partial charge in [0.05, 0.1) is 26.4 Å². The fourth-order valence-electron chi connectivity index (χ4n) is 9.06. The number of esters is 4. The molecule has 0 amide bonds. The van der Waals surface area contributed by atoms with Gasteiger partial charge < -0.3 is 33.8 Å². The third-order valence-electron chi connectivity index (χ3n) is 14.9. The molecule has 480 valence electrons. The molecule has 0 saturated carbocycles. The molecule has 0 saturated heterocycles. The highest BCUT2D eigenvalue weighted by Gasteiger charge is 2.30. The van der Waals surface area contributed by atoms with Gasteiger partial charge in [0.2, 0.25) is 0 Å². The molecule has 0 fully saturated rings. The highest BCUT2D eigenvalue weighted by molar-refractivity contribution is 7.47. The van der Waals surface area contributed by atoms with Gasteiger partial charge in [0.15, 0.2) is 12.2 Å². The zero-order valence-electron chi connectivity index (χ0n) is 52.2. The summed E-state index contributed by atoms with van der Waals surface area (Å²) in [6, 6.07) is 0. The predicted octanol–water partition coefficient (Wildman–Crippen LogP) is 16.7. The lowest BCUT2D eigenvalue weighted by Crippen LogP contribution is -2.30. The molecule has 0 spiro atoms. The second kappa shape index (κ2) is 53.5. The van der Waals surface area contributed by atoms with Crippen molar-refractivity contribution in [2.45, 2.75) is 317 Å². The molecule has 7 atom stereocenters. The van der Waals surface area contributed by atoms with Crippen molar-refractivity contribution in [1.82, 2.24) is 0 Å². The van der Waals surface area contributed by atoms with E-state index in [1.54, 1.807) is 0 Å². The molecule has 3 N–H and O–H groups in total. The standard InChI is InChI=1S/C62H120O17P2/c1-8-11-12-13-14-15-16-17-20-31-38-45-61(66)78-57(49-72-59(64)43-36-29-21-18-19-26-33-40-53(4)5)51-76-80(68,69)74-47-56(63)48-75-81(70,71)77-52-58(79-62(67)46-39-32-25-23-28-35-42-55(7)10-3)50-73-60(65)44-37-30-24-22-27-34-41-54(6)9-2/h53-58,63H,8-52H2,1-7H3,(H,68,69)(H,70,71)/t54?,55?,56-,57-,58-/m1/s1. The third-order valence-corrected chi connectivity index (χ3v) is 16.8. The Morgan fingerprint density at radius 1 is 0.358 bits per heavy atom. The van der Waals surface area contributed by atoms with Crippen molar-refractivity contribution >= 4 is 39.5 Å². The van der Waals surface area contributed by atoms with Crippen LogP contribution in [0, 0.1) is 17.8 Å². The summed E-state index contributed by atoms with van der Waals surface area (Å²) in [5.41, 5.74) is 0. The van der Waals surface area contributed by atoms with Crippen LogP contribution in [0.5, 0.6) is 0 Å². The van der Waals surface area contributed by atoms with E-state index >= 15 is 0 Å². The van der Waals surface area contributed by atoms with E-state index in [1.807, 2.05) is 0 Å². The molecule has 0 aliphatic carbocycles. The molecule has 0 aliphatic rings. The van der Waals surface area contributed by atoms with E-state index in [0.29, 0.717) is 31.6 Å². The molecule has 0 aliphatic heterocycles. The van der Waals surface area contributed by atoms with Gasteiger partial charge in [-0.05, 0) is 43.4 Å². The van der Waals surface area contributed by atoms with Gasteiger partial charge in [-0.2, -0.15) is 0 Å². The van der Waals surface area contributed by atoms with Crippen molar-refractivity contribution in [3.05, 3.63) is 0 Å². The largest absolute Gasteiger partial charge is 0.472 e. The lowest BCUT2D eigenvalue weighted by atomic mass is 10.00. The van der Waals surface area contributed by atoms with E-state index in [0.717, 1.165) is 115 Å². The molecule has 81 heavy (non-hydrogen) atoms. The molecule has 0 rings (SSSR count). The molecule has 0 aromatic heterocycles. The topological polar surface area (TPSA) is 237 Å². The fraction of sp³-hybridized carbons (Fsp3) is 0.935. The summed E-state index contributed by atoms with van der Waals surface area (Å²) in [5.74, 6) is 0.0141. The van der Waals surface area contributed by atoms with Crippen molar-refractivity contribution in [1.29, 1.82) is 0 Å². The zero-order chi connectivity index (χ0) is 60.3. The second-order valence-electron chi connectivity index (χ2n) is 23.4. The zero-order valence-corrected chi connectivity index (χ0v) is 54.0. The Morgan fingerprint density at radius 2 is 0.630 bits per heavy atom.